The van der Waals surface area contributed by atoms with Gasteiger partial charge in [-0.3, -0.25) is 0 Å². The van der Waals surface area contributed by atoms with Crippen LogP contribution in [0.15, 0.2) is 6.20 Å². The minimum absolute atomic E-state index is 0.0451. The average molecular weight is 271 g/mol. The van der Waals surface area contributed by atoms with Crippen LogP contribution in [0.1, 0.15) is 31.1 Å². The predicted molar refractivity (Wildman–Crippen MR) is 61.8 cm³/mol. The van der Waals surface area contributed by atoms with Crippen molar-refractivity contribution < 1.29 is 24.4 Å². The van der Waals surface area contributed by atoms with Gasteiger partial charge < -0.3 is 20.0 Å². The highest BCUT2D eigenvalue weighted by molar-refractivity contribution is 5.93. The fourth-order valence-electron chi connectivity index (χ4n) is 1.24. The van der Waals surface area contributed by atoms with Crippen LogP contribution < -0.4 is 0 Å². The standard InChI is InChI=1S/C10H13N3O6/c1-4-19-8(14)6-5-12(10(2,3)9(15)16)11-7(6)13(17)18/h5H,4H2,1-3H3,(H,15,16). The van der Waals surface area contributed by atoms with E-state index in [1.54, 1.807) is 6.92 Å². The second-order valence-corrected chi connectivity index (χ2v) is 4.15. The first-order chi connectivity index (χ1) is 8.71. The Bertz CT molecular complexity index is 533. The summed E-state index contributed by atoms with van der Waals surface area (Å²) in [6.45, 7) is 4.21. The van der Waals surface area contributed by atoms with Crippen molar-refractivity contribution in [2.45, 2.75) is 26.3 Å². The van der Waals surface area contributed by atoms with Gasteiger partial charge in [-0.2, -0.15) is 4.68 Å². The monoisotopic (exact) mass is 271 g/mol. The molecule has 1 rings (SSSR count). The molecular weight excluding hydrogens is 258 g/mol. The summed E-state index contributed by atoms with van der Waals surface area (Å²) in [6, 6.07) is 0. The summed E-state index contributed by atoms with van der Waals surface area (Å²) >= 11 is 0. The van der Waals surface area contributed by atoms with Gasteiger partial charge in [-0.05, 0) is 25.7 Å². The van der Waals surface area contributed by atoms with Crippen LogP contribution in [0.2, 0.25) is 0 Å². The number of aromatic nitrogens is 2. The number of carbonyl (C=O) groups is 2. The first kappa shape index (κ1) is 14.6. The number of carboxylic acids is 1. The molecule has 1 aromatic heterocycles. The molecule has 0 aromatic carbocycles. The lowest BCUT2D eigenvalue weighted by molar-refractivity contribution is -0.390. The number of ether oxygens (including phenoxy) is 1. The van der Waals surface area contributed by atoms with Crippen molar-refractivity contribution in [3.8, 4) is 0 Å². The highest BCUT2D eigenvalue weighted by Gasteiger charge is 2.38. The maximum atomic E-state index is 11.6. The van der Waals surface area contributed by atoms with Gasteiger partial charge in [0.1, 0.15) is 0 Å². The Labute approximate surface area is 107 Å². The van der Waals surface area contributed by atoms with E-state index in [1.165, 1.54) is 13.8 Å². The molecule has 0 fully saturated rings. The van der Waals surface area contributed by atoms with Gasteiger partial charge in [0.15, 0.2) is 11.1 Å². The molecule has 104 valence electrons. The van der Waals surface area contributed by atoms with Crippen LogP contribution in [0.5, 0.6) is 0 Å². The molecule has 1 aromatic rings. The number of nitro groups is 1. The molecule has 0 amide bonds. The van der Waals surface area contributed by atoms with Crippen LogP contribution in [-0.4, -0.2) is 38.4 Å². The van der Waals surface area contributed by atoms with Crippen molar-refractivity contribution in [3.05, 3.63) is 21.9 Å². The number of nitrogens with zero attached hydrogens (tertiary/aromatic N) is 3. The van der Waals surface area contributed by atoms with Crippen LogP contribution in [-0.2, 0) is 15.1 Å². The normalized spacial score (nSPS) is 11.1. The van der Waals surface area contributed by atoms with Gasteiger partial charge in [-0.15, -0.1) is 0 Å². The second kappa shape index (κ2) is 5.04. The molecule has 0 radical (unpaired) electrons. The molecular formula is C10H13N3O6. The Morgan fingerprint density at radius 3 is 2.58 bits per heavy atom. The Morgan fingerprint density at radius 1 is 1.58 bits per heavy atom. The smallest absolute Gasteiger partial charge is 0.404 e. The highest BCUT2D eigenvalue weighted by Crippen LogP contribution is 2.22. The third kappa shape index (κ3) is 2.69. The summed E-state index contributed by atoms with van der Waals surface area (Å²) in [5, 5.41) is 23.4. The number of carboxylic acid groups (broad SMARTS) is 1. The van der Waals surface area contributed by atoms with Gasteiger partial charge in [0.2, 0.25) is 0 Å². The van der Waals surface area contributed by atoms with E-state index >= 15 is 0 Å². The topological polar surface area (TPSA) is 125 Å². The van der Waals surface area contributed by atoms with Gasteiger partial charge in [0.25, 0.3) is 0 Å². The van der Waals surface area contributed by atoms with Gasteiger partial charge in [0, 0.05) is 0 Å². The van der Waals surface area contributed by atoms with Crippen LogP contribution in [0.3, 0.4) is 0 Å². The van der Waals surface area contributed by atoms with Crippen molar-refractivity contribution in [3.63, 3.8) is 0 Å². The minimum atomic E-state index is -1.52. The number of hydrogen-bond acceptors (Lipinski definition) is 6. The lowest BCUT2D eigenvalue weighted by Crippen LogP contribution is -2.36. The summed E-state index contributed by atoms with van der Waals surface area (Å²) in [5.41, 5.74) is -1.89. The Balaban J connectivity index is 3.33. The van der Waals surface area contributed by atoms with E-state index in [2.05, 4.69) is 9.84 Å². The van der Waals surface area contributed by atoms with E-state index < -0.39 is 28.2 Å². The number of esters is 1. The molecule has 0 atom stereocenters. The maximum Gasteiger partial charge on any atom is 0.404 e. The predicted octanol–water partition coefficient (Wildman–Crippen LogP) is 0.788. The fraction of sp³-hybridized carbons (Fsp3) is 0.500. The molecule has 0 bridgehead atoms. The third-order valence-corrected chi connectivity index (χ3v) is 2.46. The Hall–Kier alpha value is -2.45. The van der Waals surface area contributed by atoms with Crippen LogP contribution in [0, 0.1) is 10.1 Å². The number of carbonyl (C=O) groups excluding carboxylic acids is 1. The molecule has 19 heavy (non-hydrogen) atoms. The molecule has 9 nitrogen and oxygen atoms in total. The fourth-order valence-corrected chi connectivity index (χ4v) is 1.24. The van der Waals surface area contributed by atoms with E-state index in [0.717, 1.165) is 10.9 Å². The number of aliphatic carboxylic acids is 1. The van der Waals surface area contributed by atoms with E-state index in [9.17, 15) is 19.7 Å². The van der Waals surface area contributed by atoms with E-state index in [1.807, 2.05) is 0 Å². The first-order valence-electron chi connectivity index (χ1n) is 5.36. The lowest BCUT2D eigenvalue weighted by Gasteiger charge is -2.15. The van der Waals surface area contributed by atoms with E-state index in [4.69, 9.17) is 5.11 Å². The summed E-state index contributed by atoms with van der Waals surface area (Å²) in [6.07, 6.45) is 1.00. The van der Waals surface area contributed by atoms with Gasteiger partial charge >= 0.3 is 17.8 Å². The molecule has 9 heteroatoms. The molecule has 1 N–H and O–H groups in total. The van der Waals surface area contributed by atoms with Crippen molar-refractivity contribution in [1.29, 1.82) is 0 Å². The highest BCUT2D eigenvalue weighted by atomic mass is 16.6. The molecule has 0 saturated carbocycles. The zero-order valence-corrected chi connectivity index (χ0v) is 10.6. The molecule has 0 unspecified atom stereocenters. The zero-order chi connectivity index (χ0) is 14.8. The lowest BCUT2D eigenvalue weighted by atomic mass is 10.1. The van der Waals surface area contributed by atoms with Crippen molar-refractivity contribution in [2.75, 3.05) is 6.61 Å². The summed E-state index contributed by atoms with van der Waals surface area (Å²) < 4.78 is 5.52. The quantitative estimate of drug-likeness (QED) is 0.476. The second-order valence-electron chi connectivity index (χ2n) is 4.15. The number of hydrogen-bond donors (Lipinski definition) is 1. The summed E-state index contributed by atoms with van der Waals surface area (Å²) in [7, 11) is 0. The summed E-state index contributed by atoms with van der Waals surface area (Å²) in [5.74, 6) is -2.88. The van der Waals surface area contributed by atoms with Crippen LogP contribution in [0.25, 0.3) is 0 Å². The van der Waals surface area contributed by atoms with Gasteiger partial charge in [-0.25, -0.2) is 9.59 Å². The largest absolute Gasteiger partial charge is 0.479 e. The van der Waals surface area contributed by atoms with E-state index in [0.29, 0.717) is 0 Å². The minimum Gasteiger partial charge on any atom is -0.479 e. The molecule has 0 aliphatic heterocycles. The van der Waals surface area contributed by atoms with Crippen molar-refractivity contribution in [2.24, 2.45) is 0 Å². The first-order valence-corrected chi connectivity index (χ1v) is 5.36. The van der Waals surface area contributed by atoms with Gasteiger partial charge in [-0.1, -0.05) is 0 Å². The van der Waals surface area contributed by atoms with Crippen molar-refractivity contribution in [1.82, 2.24) is 9.78 Å². The molecule has 0 saturated heterocycles. The molecule has 0 aliphatic rings. The number of rotatable bonds is 5. The molecule has 0 spiro atoms. The van der Waals surface area contributed by atoms with Crippen LogP contribution >= 0.6 is 0 Å². The molecule has 1 heterocycles. The van der Waals surface area contributed by atoms with E-state index in [-0.39, 0.29) is 12.2 Å². The van der Waals surface area contributed by atoms with Crippen molar-refractivity contribution >= 4 is 17.8 Å². The van der Waals surface area contributed by atoms with Gasteiger partial charge in [0.05, 0.1) is 17.9 Å². The summed E-state index contributed by atoms with van der Waals surface area (Å²) in [4.78, 5) is 32.6. The molecule has 0 aliphatic carbocycles. The zero-order valence-electron chi connectivity index (χ0n) is 10.6. The average Bonchev–Trinajstić information content (AvgIpc) is 2.74. The maximum absolute atomic E-state index is 11.6. The Morgan fingerprint density at radius 2 is 2.16 bits per heavy atom. The third-order valence-electron chi connectivity index (χ3n) is 2.46. The van der Waals surface area contributed by atoms with Crippen LogP contribution in [0.4, 0.5) is 5.82 Å². The Kier molecular flexibility index (Phi) is 3.88. The SMILES string of the molecule is CCOC(=O)c1cn(C(C)(C)C(=O)O)nc1[N+](=O)[O-].